The zero-order chi connectivity index (χ0) is 6.97. The lowest BCUT2D eigenvalue weighted by molar-refractivity contribution is 0.00444. The van der Waals surface area contributed by atoms with Crippen molar-refractivity contribution in [2.24, 2.45) is 5.92 Å². The number of halogens is 1. The standard InChI is InChI=1S/C8H13ClO/c9-7-3-4-10-8(5-7)6-1-2-6/h6-8H,1-5H2. The Morgan fingerprint density at radius 3 is 2.60 bits per heavy atom. The second kappa shape index (κ2) is 2.71. The number of hydrogen-bond donors (Lipinski definition) is 0. The maximum absolute atomic E-state index is 6.00. The Bertz CT molecular complexity index is 122. The molecule has 1 saturated carbocycles. The second-order valence-electron chi connectivity index (χ2n) is 3.37. The average molecular weight is 161 g/mol. The Morgan fingerprint density at radius 1 is 1.20 bits per heavy atom. The molecule has 1 heterocycles. The minimum absolute atomic E-state index is 0.388. The first-order chi connectivity index (χ1) is 4.86. The molecule has 1 aliphatic carbocycles. The van der Waals surface area contributed by atoms with E-state index < -0.39 is 0 Å². The zero-order valence-electron chi connectivity index (χ0n) is 6.05. The van der Waals surface area contributed by atoms with Gasteiger partial charge in [0.25, 0.3) is 0 Å². The van der Waals surface area contributed by atoms with Crippen molar-refractivity contribution in [3.05, 3.63) is 0 Å². The SMILES string of the molecule is ClC1CCOC(C2CC2)C1. The van der Waals surface area contributed by atoms with E-state index in [1.807, 2.05) is 0 Å². The molecule has 0 bridgehead atoms. The van der Waals surface area contributed by atoms with Crippen LogP contribution in [0.4, 0.5) is 0 Å². The molecular weight excluding hydrogens is 148 g/mol. The topological polar surface area (TPSA) is 9.23 Å². The van der Waals surface area contributed by atoms with Gasteiger partial charge < -0.3 is 4.74 Å². The Kier molecular flexibility index (Phi) is 1.88. The molecular formula is C8H13ClO. The van der Waals surface area contributed by atoms with Crippen molar-refractivity contribution in [1.82, 2.24) is 0 Å². The fourth-order valence-corrected chi connectivity index (χ4v) is 1.85. The number of hydrogen-bond acceptors (Lipinski definition) is 1. The lowest BCUT2D eigenvalue weighted by Gasteiger charge is -2.25. The monoisotopic (exact) mass is 160 g/mol. The van der Waals surface area contributed by atoms with Crippen LogP contribution in [0.1, 0.15) is 25.7 Å². The Hall–Kier alpha value is 0.250. The fraction of sp³-hybridized carbons (Fsp3) is 1.00. The van der Waals surface area contributed by atoms with Crippen LogP contribution in [0.25, 0.3) is 0 Å². The minimum atomic E-state index is 0.388. The van der Waals surface area contributed by atoms with Crippen LogP contribution in [0.5, 0.6) is 0 Å². The van der Waals surface area contributed by atoms with Gasteiger partial charge in [0.1, 0.15) is 0 Å². The highest BCUT2D eigenvalue weighted by Gasteiger charge is 2.35. The molecule has 1 saturated heterocycles. The van der Waals surface area contributed by atoms with Crippen molar-refractivity contribution in [1.29, 1.82) is 0 Å². The van der Waals surface area contributed by atoms with Crippen molar-refractivity contribution in [3.8, 4) is 0 Å². The maximum atomic E-state index is 6.00. The third kappa shape index (κ3) is 1.46. The summed E-state index contributed by atoms with van der Waals surface area (Å²) in [5.74, 6) is 0.863. The van der Waals surface area contributed by atoms with Crippen molar-refractivity contribution < 1.29 is 4.74 Å². The minimum Gasteiger partial charge on any atom is -0.378 e. The number of ether oxygens (including phenoxy) is 1. The summed E-state index contributed by atoms with van der Waals surface area (Å²) in [5.41, 5.74) is 0. The summed E-state index contributed by atoms with van der Waals surface area (Å²) in [6, 6.07) is 0. The summed E-state index contributed by atoms with van der Waals surface area (Å²) < 4.78 is 5.59. The van der Waals surface area contributed by atoms with Crippen molar-refractivity contribution in [3.63, 3.8) is 0 Å². The van der Waals surface area contributed by atoms with E-state index in [2.05, 4.69) is 0 Å². The van der Waals surface area contributed by atoms with E-state index in [0.717, 1.165) is 25.4 Å². The van der Waals surface area contributed by atoms with Crippen molar-refractivity contribution >= 4 is 11.6 Å². The van der Waals surface area contributed by atoms with Crippen LogP contribution in [-0.4, -0.2) is 18.1 Å². The molecule has 10 heavy (non-hydrogen) atoms. The van der Waals surface area contributed by atoms with Crippen LogP contribution < -0.4 is 0 Å². The van der Waals surface area contributed by atoms with Crippen LogP contribution in [-0.2, 0) is 4.74 Å². The highest BCUT2D eigenvalue weighted by Crippen LogP contribution is 2.38. The van der Waals surface area contributed by atoms with Crippen molar-refractivity contribution in [2.75, 3.05) is 6.61 Å². The van der Waals surface area contributed by atoms with Crippen molar-refractivity contribution in [2.45, 2.75) is 37.2 Å². The molecule has 2 atom stereocenters. The van der Waals surface area contributed by atoms with Crippen LogP contribution in [0.2, 0.25) is 0 Å². The quantitative estimate of drug-likeness (QED) is 0.535. The molecule has 2 aliphatic rings. The highest BCUT2D eigenvalue weighted by molar-refractivity contribution is 6.20. The molecule has 2 heteroatoms. The fourth-order valence-electron chi connectivity index (χ4n) is 1.58. The molecule has 1 nitrogen and oxygen atoms in total. The van der Waals surface area contributed by atoms with Gasteiger partial charge in [-0.1, -0.05) is 0 Å². The molecule has 2 rings (SSSR count). The Balaban J connectivity index is 1.84. The van der Waals surface area contributed by atoms with E-state index >= 15 is 0 Å². The third-order valence-corrected chi connectivity index (χ3v) is 2.80. The van der Waals surface area contributed by atoms with E-state index in [0.29, 0.717) is 11.5 Å². The van der Waals surface area contributed by atoms with E-state index in [1.165, 1.54) is 12.8 Å². The second-order valence-corrected chi connectivity index (χ2v) is 3.99. The molecule has 0 aromatic rings. The summed E-state index contributed by atoms with van der Waals surface area (Å²) in [4.78, 5) is 0. The van der Waals surface area contributed by atoms with E-state index in [1.54, 1.807) is 0 Å². The van der Waals surface area contributed by atoms with Gasteiger partial charge in [-0.15, -0.1) is 11.6 Å². The van der Waals surface area contributed by atoms with Gasteiger partial charge in [-0.3, -0.25) is 0 Å². The molecule has 2 unspecified atom stereocenters. The molecule has 0 amide bonds. The van der Waals surface area contributed by atoms with Gasteiger partial charge in [-0.25, -0.2) is 0 Å². The predicted molar refractivity (Wildman–Crippen MR) is 41.3 cm³/mol. The number of alkyl halides is 1. The molecule has 0 aromatic heterocycles. The van der Waals surface area contributed by atoms with Crippen LogP contribution in [0.15, 0.2) is 0 Å². The van der Waals surface area contributed by atoms with Gasteiger partial charge in [0, 0.05) is 12.0 Å². The maximum Gasteiger partial charge on any atom is 0.0617 e. The van der Waals surface area contributed by atoms with Gasteiger partial charge in [0.15, 0.2) is 0 Å². The number of rotatable bonds is 1. The first-order valence-corrected chi connectivity index (χ1v) is 4.55. The molecule has 58 valence electrons. The largest absolute Gasteiger partial charge is 0.378 e. The smallest absolute Gasteiger partial charge is 0.0617 e. The van der Waals surface area contributed by atoms with Gasteiger partial charge in [-0.05, 0) is 31.6 Å². The predicted octanol–water partition coefficient (Wildman–Crippen LogP) is 2.18. The lowest BCUT2D eigenvalue weighted by atomic mass is 10.1. The van der Waals surface area contributed by atoms with E-state index in [4.69, 9.17) is 16.3 Å². The van der Waals surface area contributed by atoms with Gasteiger partial charge in [-0.2, -0.15) is 0 Å². The normalized spacial score (nSPS) is 41.7. The Morgan fingerprint density at radius 2 is 2.00 bits per heavy atom. The first-order valence-electron chi connectivity index (χ1n) is 4.12. The molecule has 0 radical (unpaired) electrons. The molecule has 0 spiro atoms. The van der Waals surface area contributed by atoms with E-state index in [-0.39, 0.29) is 0 Å². The van der Waals surface area contributed by atoms with Crippen LogP contribution in [0, 0.1) is 5.92 Å². The van der Waals surface area contributed by atoms with E-state index in [9.17, 15) is 0 Å². The first kappa shape index (κ1) is 6.93. The molecule has 0 aromatic carbocycles. The third-order valence-electron chi connectivity index (χ3n) is 2.40. The van der Waals surface area contributed by atoms with Crippen LogP contribution >= 0.6 is 11.6 Å². The summed E-state index contributed by atoms with van der Waals surface area (Å²) in [5, 5.41) is 0.388. The highest BCUT2D eigenvalue weighted by atomic mass is 35.5. The van der Waals surface area contributed by atoms with Crippen LogP contribution in [0.3, 0.4) is 0 Å². The average Bonchev–Trinajstić information content (AvgIpc) is 2.68. The van der Waals surface area contributed by atoms with Gasteiger partial charge in [0.05, 0.1) is 6.10 Å². The molecule has 2 fully saturated rings. The molecule has 1 aliphatic heterocycles. The zero-order valence-corrected chi connectivity index (χ0v) is 6.81. The summed E-state index contributed by atoms with van der Waals surface area (Å²) in [7, 11) is 0. The van der Waals surface area contributed by atoms with Gasteiger partial charge >= 0.3 is 0 Å². The molecule has 0 N–H and O–H groups in total. The summed E-state index contributed by atoms with van der Waals surface area (Å²) in [6.45, 7) is 0.884. The summed E-state index contributed by atoms with van der Waals surface area (Å²) >= 11 is 6.00. The van der Waals surface area contributed by atoms with Gasteiger partial charge in [0.2, 0.25) is 0 Å². The summed E-state index contributed by atoms with van der Waals surface area (Å²) in [6.07, 6.45) is 5.38. The lowest BCUT2D eigenvalue weighted by Crippen LogP contribution is -2.27. The Labute approximate surface area is 66.7 Å².